The summed E-state index contributed by atoms with van der Waals surface area (Å²) >= 11 is 0. The fourth-order valence-corrected chi connectivity index (χ4v) is 2.91. The molecule has 0 aromatic heterocycles. The van der Waals surface area contributed by atoms with E-state index in [4.69, 9.17) is 9.47 Å². The van der Waals surface area contributed by atoms with Crippen LogP contribution in [0, 0.1) is 11.8 Å². The van der Waals surface area contributed by atoms with Crippen LogP contribution in [-0.4, -0.2) is 24.1 Å². The second kappa shape index (κ2) is 8.57. The van der Waals surface area contributed by atoms with Gasteiger partial charge < -0.3 is 9.47 Å². The molecule has 4 heteroatoms. The standard InChI is InChI=1S/C19H24O4/c1-14-10-7-5-3-4-6-8-13-18(21)23-17-12-9-11-16(14)19(17)22-15(2)20/h11,17,19H,1,3-6,8-9,12-13H2,2H3/t17-,19-/m0/s1. The molecule has 0 spiro atoms. The number of hydrogen-bond acceptors (Lipinski definition) is 4. The average molecular weight is 316 g/mol. The van der Waals surface area contributed by atoms with E-state index in [0.29, 0.717) is 18.4 Å². The van der Waals surface area contributed by atoms with Crippen molar-refractivity contribution in [1.29, 1.82) is 0 Å². The van der Waals surface area contributed by atoms with Gasteiger partial charge >= 0.3 is 11.9 Å². The first kappa shape index (κ1) is 17.3. The maximum Gasteiger partial charge on any atom is 0.306 e. The van der Waals surface area contributed by atoms with Gasteiger partial charge in [0, 0.05) is 30.9 Å². The zero-order valence-electron chi connectivity index (χ0n) is 13.7. The Morgan fingerprint density at radius 3 is 2.91 bits per heavy atom. The Bertz CT molecular complexity index is 562. The van der Waals surface area contributed by atoms with Gasteiger partial charge in [-0.15, -0.1) is 0 Å². The van der Waals surface area contributed by atoms with Gasteiger partial charge in [0.05, 0.1) is 0 Å². The van der Waals surface area contributed by atoms with E-state index in [1.807, 2.05) is 6.08 Å². The monoisotopic (exact) mass is 316 g/mol. The minimum atomic E-state index is -0.602. The van der Waals surface area contributed by atoms with Crippen molar-refractivity contribution in [3.05, 3.63) is 23.8 Å². The Labute approximate surface area is 137 Å². The normalized spacial score (nSPS) is 26.0. The molecule has 2 aliphatic rings. The fraction of sp³-hybridized carbons (Fsp3) is 0.579. The molecule has 0 saturated heterocycles. The molecule has 23 heavy (non-hydrogen) atoms. The lowest BCUT2D eigenvalue weighted by Gasteiger charge is -2.31. The highest BCUT2D eigenvalue weighted by atomic mass is 16.6. The zero-order valence-corrected chi connectivity index (χ0v) is 13.7. The van der Waals surface area contributed by atoms with Crippen molar-refractivity contribution in [3.8, 4) is 11.8 Å². The molecule has 1 aliphatic heterocycles. The van der Waals surface area contributed by atoms with Gasteiger partial charge in [-0.3, -0.25) is 9.59 Å². The van der Waals surface area contributed by atoms with Crippen LogP contribution in [0.1, 0.15) is 58.3 Å². The highest BCUT2D eigenvalue weighted by Gasteiger charge is 2.34. The first-order valence-corrected chi connectivity index (χ1v) is 8.33. The molecule has 0 N–H and O–H groups in total. The Morgan fingerprint density at radius 2 is 2.13 bits per heavy atom. The molecule has 0 radical (unpaired) electrons. The Hall–Kier alpha value is -2.02. The third-order valence-corrected chi connectivity index (χ3v) is 4.06. The number of allylic oxidation sites excluding steroid dienone is 1. The largest absolute Gasteiger partial charge is 0.458 e. The lowest BCUT2D eigenvalue weighted by atomic mass is 9.89. The predicted octanol–water partition coefficient (Wildman–Crippen LogP) is 3.46. The Kier molecular flexibility index (Phi) is 6.46. The van der Waals surface area contributed by atoms with E-state index in [2.05, 4.69) is 18.4 Å². The van der Waals surface area contributed by atoms with Crippen LogP contribution >= 0.6 is 0 Å². The van der Waals surface area contributed by atoms with Crippen molar-refractivity contribution < 1.29 is 19.1 Å². The van der Waals surface area contributed by atoms with Crippen molar-refractivity contribution in [3.63, 3.8) is 0 Å². The van der Waals surface area contributed by atoms with Crippen LogP contribution in [0.3, 0.4) is 0 Å². The van der Waals surface area contributed by atoms with E-state index < -0.39 is 18.2 Å². The quantitative estimate of drug-likeness (QED) is 0.549. The summed E-state index contributed by atoms with van der Waals surface area (Å²) in [4.78, 5) is 23.5. The summed E-state index contributed by atoms with van der Waals surface area (Å²) in [6, 6.07) is 0. The molecule has 124 valence electrons. The van der Waals surface area contributed by atoms with Crippen LogP contribution in [0.25, 0.3) is 0 Å². The summed E-state index contributed by atoms with van der Waals surface area (Å²) in [6.07, 6.45) is 7.48. The molecular formula is C19H24O4. The predicted molar refractivity (Wildman–Crippen MR) is 87.4 cm³/mol. The molecule has 1 aliphatic carbocycles. The summed E-state index contributed by atoms with van der Waals surface area (Å²) in [6.45, 7) is 5.37. The molecule has 4 nitrogen and oxygen atoms in total. The summed E-state index contributed by atoms with van der Waals surface area (Å²) < 4.78 is 11.0. The van der Waals surface area contributed by atoms with Crippen molar-refractivity contribution in [1.82, 2.24) is 0 Å². The lowest BCUT2D eigenvalue weighted by molar-refractivity contribution is -0.165. The summed E-state index contributed by atoms with van der Waals surface area (Å²) in [7, 11) is 0. The number of hydrogen-bond donors (Lipinski definition) is 0. The van der Waals surface area contributed by atoms with Crippen molar-refractivity contribution in [2.45, 2.75) is 70.5 Å². The van der Waals surface area contributed by atoms with Crippen molar-refractivity contribution in [2.24, 2.45) is 0 Å². The highest BCUT2D eigenvalue weighted by molar-refractivity contribution is 5.70. The molecule has 2 rings (SSSR count). The number of carbonyl (C=O) groups is 2. The summed E-state index contributed by atoms with van der Waals surface area (Å²) in [5, 5.41) is 0. The van der Waals surface area contributed by atoms with Gasteiger partial charge in [-0.05, 0) is 25.7 Å². The van der Waals surface area contributed by atoms with Crippen LogP contribution in [-0.2, 0) is 19.1 Å². The topological polar surface area (TPSA) is 52.6 Å². The number of rotatable bonds is 1. The van der Waals surface area contributed by atoms with Gasteiger partial charge in [0.25, 0.3) is 0 Å². The van der Waals surface area contributed by atoms with Gasteiger partial charge in [-0.2, -0.15) is 0 Å². The smallest absolute Gasteiger partial charge is 0.306 e. The molecule has 2 bridgehead atoms. The molecule has 1 heterocycles. The maximum atomic E-state index is 12.0. The minimum Gasteiger partial charge on any atom is -0.458 e. The van der Waals surface area contributed by atoms with E-state index in [1.165, 1.54) is 6.92 Å². The third-order valence-electron chi connectivity index (χ3n) is 4.06. The van der Waals surface area contributed by atoms with E-state index in [9.17, 15) is 9.59 Å². The number of fused-ring (bicyclic) bond motifs is 2. The van der Waals surface area contributed by atoms with E-state index in [1.54, 1.807) is 0 Å². The molecule has 0 aromatic carbocycles. The summed E-state index contributed by atoms with van der Waals surface area (Å²) in [5.74, 6) is 5.58. The van der Waals surface area contributed by atoms with Crippen LogP contribution < -0.4 is 0 Å². The molecule has 0 aromatic rings. The molecular weight excluding hydrogens is 292 g/mol. The van der Waals surface area contributed by atoms with Crippen LogP contribution in [0.5, 0.6) is 0 Å². The second-order valence-corrected chi connectivity index (χ2v) is 5.99. The van der Waals surface area contributed by atoms with Gasteiger partial charge in [-0.1, -0.05) is 37.3 Å². The first-order chi connectivity index (χ1) is 11.1. The fourth-order valence-electron chi connectivity index (χ4n) is 2.91. The van der Waals surface area contributed by atoms with E-state index in [-0.39, 0.29) is 5.97 Å². The van der Waals surface area contributed by atoms with Crippen molar-refractivity contribution >= 4 is 11.9 Å². The molecule has 2 atom stereocenters. The summed E-state index contributed by atoms with van der Waals surface area (Å²) in [5.41, 5.74) is 1.42. The van der Waals surface area contributed by atoms with Gasteiger partial charge in [-0.25, -0.2) is 0 Å². The Balaban J connectivity index is 2.25. The average Bonchev–Trinajstić information content (AvgIpc) is 2.50. The SMILES string of the molecule is C=C1C#CCCCCCCC(=O)O[C@H]2CCC=C1[C@@H]2OC(C)=O. The van der Waals surface area contributed by atoms with Crippen LogP contribution in [0.15, 0.2) is 23.8 Å². The third kappa shape index (κ3) is 5.28. The van der Waals surface area contributed by atoms with Gasteiger partial charge in [0.1, 0.15) is 6.10 Å². The highest BCUT2D eigenvalue weighted by Crippen LogP contribution is 2.29. The number of esters is 2. The molecule has 0 fully saturated rings. The van der Waals surface area contributed by atoms with Crippen molar-refractivity contribution in [2.75, 3.05) is 0 Å². The minimum absolute atomic E-state index is 0.220. The maximum absolute atomic E-state index is 12.0. The van der Waals surface area contributed by atoms with E-state index in [0.717, 1.165) is 44.1 Å². The van der Waals surface area contributed by atoms with Crippen LogP contribution in [0.4, 0.5) is 0 Å². The lowest BCUT2D eigenvalue weighted by Crippen LogP contribution is -2.38. The van der Waals surface area contributed by atoms with Gasteiger partial charge in [0.15, 0.2) is 6.10 Å². The molecule has 0 amide bonds. The molecule has 0 unspecified atom stereocenters. The van der Waals surface area contributed by atoms with Crippen LogP contribution in [0.2, 0.25) is 0 Å². The van der Waals surface area contributed by atoms with Gasteiger partial charge in [0.2, 0.25) is 0 Å². The second-order valence-electron chi connectivity index (χ2n) is 5.99. The zero-order chi connectivity index (χ0) is 16.7. The Morgan fingerprint density at radius 1 is 1.35 bits per heavy atom. The molecule has 0 saturated carbocycles. The van der Waals surface area contributed by atoms with E-state index >= 15 is 0 Å². The number of carbonyl (C=O) groups excluding carboxylic acids is 2. The first-order valence-electron chi connectivity index (χ1n) is 8.33. The number of ether oxygens (including phenoxy) is 2.